The van der Waals surface area contributed by atoms with Crippen molar-refractivity contribution in [2.75, 3.05) is 13.2 Å². The lowest BCUT2D eigenvalue weighted by Crippen LogP contribution is -2.60. The van der Waals surface area contributed by atoms with Crippen LogP contribution in [-0.2, 0) is 9.47 Å². The Hall–Kier alpha value is -1.24. The Kier molecular flexibility index (Phi) is 10.0. The van der Waals surface area contributed by atoms with Gasteiger partial charge in [0.05, 0.1) is 45.3 Å². The first-order chi connectivity index (χ1) is 12.7. The molecule has 0 saturated heterocycles. The predicted octanol–water partition coefficient (Wildman–Crippen LogP) is 1.39. The molecule has 2 atom stereocenters. The summed E-state index contributed by atoms with van der Waals surface area (Å²) >= 11 is 0. The smallest absolute Gasteiger partial charge is 0.388 e. The van der Waals surface area contributed by atoms with Gasteiger partial charge in [0.25, 0.3) is 0 Å². The second-order valence-electron chi connectivity index (χ2n) is 4.30. The number of halogens is 12. The molecule has 0 aliphatic carbocycles. The Morgan fingerprint density at radius 3 is 0.821 bits per heavy atom. The number of ether oxygens (including phenoxy) is 2. The van der Waals surface area contributed by atoms with E-state index in [2.05, 4.69) is 9.47 Å². The van der Waals surface area contributed by atoms with Gasteiger partial charge in [-0.15, -0.1) is 0 Å². The molecule has 0 bridgehead atoms. The van der Waals surface area contributed by atoms with Crippen molar-refractivity contribution in [2.45, 2.75) is 24.2 Å². The first kappa shape index (κ1) is 26.8. The van der Waals surface area contributed by atoms with Crippen molar-refractivity contribution in [2.24, 2.45) is 0 Å². The average Bonchev–Trinajstić information content (AvgIpc) is 2.53. The largest absolute Gasteiger partial charge is 0.410 e. The van der Waals surface area contributed by atoms with E-state index >= 15 is 0 Å². The van der Waals surface area contributed by atoms with Gasteiger partial charge >= 0.3 is 11.9 Å². The molecule has 0 amide bonds. The number of rotatable bonds is 13. The SMILES string of the molecule is O[C@H](COC(N(F)F)(N(F)F)N(F)F)[C@@H](O)COC(N(F)F)(N(F)F)N(F)F. The summed E-state index contributed by atoms with van der Waals surface area (Å²) in [6, 6.07) is 0. The summed E-state index contributed by atoms with van der Waals surface area (Å²) in [7, 11) is 0. The maximum atomic E-state index is 12.3. The highest BCUT2D eigenvalue weighted by Crippen LogP contribution is 2.32. The van der Waals surface area contributed by atoms with Crippen LogP contribution >= 0.6 is 0 Å². The van der Waals surface area contributed by atoms with Gasteiger partial charge in [-0.1, -0.05) is 53.8 Å². The van der Waals surface area contributed by atoms with Crippen molar-refractivity contribution in [3.63, 3.8) is 0 Å². The Bertz CT molecular complexity index is 379. The highest BCUT2D eigenvalue weighted by atomic mass is 19.4. The van der Waals surface area contributed by atoms with E-state index < -0.39 is 69.4 Å². The number of nitrogens with zero attached hydrogens (tertiary/aromatic N) is 6. The quantitative estimate of drug-likeness (QED) is 0.241. The Morgan fingerprint density at radius 2 is 0.679 bits per heavy atom. The number of hydrogen-bond acceptors (Lipinski definition) is 10. The molecule has 0 aliphatic rings. The number of aliphatic hydroxyl groups excluding tert-OH is 2. The standard InChI is InChI=1S/C6H8F12N6O4/c7-19(8)5(20(9)10,21(11)12)27-1-3(25)4(26)2-28-6(22(13)14,23(15)16)24(17)18/h3-4,25-26H,1-2H2/t3-,4+. The predicted molar refractivity (Wildman–Crippen MR) is 53.7 cm³/mol. The van der Waals surface area contributed by atoms with Crippen LogP contribution in [0.1, 0.15) is 0 Å². The van der Waals surface area contributed by atoms with E-state index in [4.69, 9.17) is 0 Å². The molecule has 170 valence electrons. The maximum Gasteiger partial charge on any atom is 0.410 e. The van der Waals surface area contributed by atoms with E-state index in [1.807, 2.05) is 0 Å². The summed E-state index contributed by atoms with van der Waals surface area (Å²) in [5, 5.41) is 0.999. The van der Waals surface area contributed by atoms with Gasteiger partial charge in [0.15, 0.2) is 0 Å². The zero-order valence-corrected chi connectivity index (χ0v) is 12.5. The summed E-state index contributed by atoms with van der Waals surface area (Å²) in [6.07, 6.45) is -5.69. The lowest BCUT2D eigenvalue weighted by atomic mass is 10.2. The number of hydrogen-bond donors (Lipinski definition) is 2. The van der Waals surface area contributed by atoms with Gasteiger partial charge in [-0.2, -0.15) is 0 Å². The van der Waals surface area contributed by atoms with Crippen molar-refractivity contribution >= 4 is 0 Å². The van der Waals surface area contributed by atoms with Crippen molar-refractivity contribution in [1.82, 2.24) is 32.1 Å². The molecule has 22 heteroatoms. The second-order valence-corrected chi connectivity index (χ2v) is 4.30. The zero-order valence-electron chi connectivity index (χ0n) is 12.5. The molecule has 0 aromatic carbocycles. The zero-order chi connectivity index (χ0) is 22.4. The van der Waals surface area contributed by atoms with E-state index in [1.54, 1.807) is 0 Å². The highest BCUT2D eigenvalue weighted by Gasteiger charge is 2.59. The molecule has 0 aromatic rings. The van der Waals surface area contributed by atoms with Crippen molar-refractivity contribution in [1.29, 1.82) is 0 Å². The normalized spacial score (nSPS) is 16.3. The summed E-state index contributed by atoms with van der Waals surface area (Å²) in [6.45, 7) is -4.12. The van der Waals surface area contributed by atoms with Crippen LogP contribution in [0.3, 0.4) is 0 Å². The summed E-state index contributed by atoms with van der Waals surface area (Å²) in [5.41, 5.74) is 0. The fraction of sp³-hybridized carbons (Fsp3) is 1.00. The molecule has 28 heavy (non-hydrogen) atoms. The molecule has 0 aliphatic heterocycles. The molecule has 0 aromatic heterocycles. The van der Waals surface area contributed by atoms with Crippen LogP contribution in [0, 0.1) is 0 Å². The van der Waals surface area contributed by atoms with Gasteiger partial charge in [-0.05, 0) is 0 Å². The van der Waals surface area contributed by atoms with Crippen molar-refractivity contribution < 1.29 is 73.5 Å². The fourth-order valence-electron chi connectivity index (χ4n) is 1.25. The minimum absolute atomic E-state index is 2.06. The molecule has 2 N–H and O–H groups in total. The lowest BCUT2D eigenvalue weighted by Gasteiger charge is -2.33. The molecule has 0 unspecified atom stereocenters. The molecule has 0 saturated carbocycles. The van der Waals surface area contributed by atoms with E-state index in [0.717, 1.165) is 0 Å². The molecular formula is C6H8F12N6O4. The van der Waals surface area contributed by atoms with Gasteiger partial charge < -0.3 is 19.7 Å². The van der Waals surface area contributed by atoms with Crippen LogP contribution in [0.4, 0.5) is 53.8 Å². The van der Waals surface area contributed by atoms with Crippen LogP contribution in [0.25, 0.3) is 0 Å². The van der Waals surface area contributed by atoms with Gasteiger partial charge in [0, 0.05) is 0 Å². The van der Waals surface area contributed by atoms with Gasteiger partial charge in [0.1, 0.15) is 12.2 Å². The Balaban J connectivity index is 5.15. The van der Waals surface area contributed by atoms with E-state index in [0.29, 0.717) is 0 Å². The first-order valence-electron chi connectivity index (χ1n) is 6.02. The van der Waals surface area contributed by atoms with Crippen LogP contribution in [0.15, 0.2) is 0 Å². The van der Waals surface area contributed by atoms with Crippen LogP contribution in [-0.4, -0.2) is 79.6 Å². The molecule has 0 spiro atoms. The minimum atomic E-state index is -5.22. The van der Waals surface area contributed by atoms with Gasteiger partial charge in [-0.3, -0.25) is 0 Å². The fourth-order valence-corrected chi connectivity index (χ4v) is 1.25. The average molecular weight is 456 g/mol. The molecule has 0 heterocycles. The Labute approximate surface area is 144 Å². The van der Waals surface area contributed by atoms with Gasteiger partial charge in [0.2, 0.25) is 0 Å². The van der Waals surface area contributed by atoms with E-state index in [9.17, 15) is 64.0 Å². The van der Waals surface area contributed by atoms with Gasteiger partial charge in [-0.25, -0.2) is 0 Å². The van der Waals surface area contributed by atoms with Crippen molar-refractivity contribution in [3.8, 4) is 0 Å². The Morgan fingerprint density at radius 1 is 0.500 bits per heavy atom. The third-order valence-electron chi connectivity index (χ3n) is 2.66. The maximum absolute atomic E-state index is 12.3. The van der Waals surface area contributed by atoms with Crippen LogP contribution < -0.4 is 0 Å². The molecule has 0 radical (unpaired) electrons. The van der Waals surface area contributed by atoms with Crippen LogP contribution in [0.2, 0.25) is 0 Å². The molecule has 0 rings (SSSR count). The summed E-state index contributed by atoms with van der Waals surface area (Å²) in [4.78, 5) is 0. The van der Waals surface area contributed by atoms with E-state index in [-0.39, 0.29) is 0 Å². The third kappa shape index (κ3) is 5.43. The number of aliphatic hydroxyl groups is 2. The van der Waals surface area contributed by atoms with Crippen LogP contribution in [0.5, 0.6) is 0 Å². The minimum Gasteiger partial charge on any atom is -0.388 e. The molecular weight excluding hydrogens is 448 g/mol. The lowest BCUT2D eigenvalue weighted by molar-refractivity contribution is -0.558. The van der Waals surface area contributed by atoms with Crippen molar-refractivity contribution in [3.05, 3.63) is 0 Å². The molecule has 10 nitrogen and oxygen atoms in total. The second kappa shape index (κ2) is 10.5. The first-order valence-corrected chi connectivity index (χ1v) is 6.02. The summed E-state index contributed by atoms with van der Waals surface area (Å²) < 4.78 is 154. The summed E-state index contributed by atoms with van der Waals surface area (Å²) in [5.74, 6) is -10.4. The van der Waals surface area contributed by atoms with E-state index in [1.165, 1.54) is 0 Å². The topological polar surface area (TPSA) is 78.4 Å². The molecule has 0 fully saturated rings. The third-order valence-corrected chi connectivity index (χ3v) is 2.66. The highest BCUT2D eigenvalue weighted by molar-refractivity contribution is 4.70. The monoisotopic (exact) mass is 456 g/mol.